The summed E-state index contributed by atoms with van der Waals surface area (Å²) in [4.78, 5) is 9.42. The van der Waals surface area contributed by atoms with E-state index in [1.165, 1.54) is 18.2 Å². The number of benzene rings is 4. The Labute approximate surface area is 252 Å². The van der Waals surface area contributed by atoms with E-state index in [2.05, 4.69) is 15.5 Å². The van der Waals surface area contributed by atoms with Gasteiger partial charge in [0.05, 0.1) is 26.9 Å². The number of azo groups is 1. The summed E-state index contributed by atoms with van der Waals surface area (Å²) in [7, 11) is -8.97. The van der Waals surface area contributed by atoms with Gasteiger partial charge in [-0.1, -0.05) is 18.2 Å². The van der Waals surface area contributed by atoms with Crippen LogP contribution in [0.2, 0.25) is 0 Å². The van der Waals surface area contributed by atoms with Crippen molar-refractivity contribution in [2.75, 3.05) is 5.32 Å². The van der Waals surface area contributed by atoms with Crippen LogP contribution in [0, 0.1) is 17.0 Å². The third kappa shape index (κ3) is 7.71. The number of non-ortho nitro benzene ring substituents is 1. The van der Waals surface area contributed by atoms with Gasteiger partial charge in [-0.2, -0.15) is 18.6 Å². The molecule has 15 heteroatoms. The molecule has 4 rings (SSSR count). The Bertz CT molecular complexity index is 1780. The van der Waals surface area contributed by atoms with E-state index in [9.17, 15) is 31.5 Å². The van der Waals surface area contributed by atoms with Crippen molar-refractivity contribution in [3.63, 3.8) is 0 Å². The van der Waals surface area contributed by atoms with Crippen molar-refractivity contribution < 1.29 is 60.1 Å². The smallest absolute Gasteiger partial charge is 0.744 e. The van der Waals surface area contributed by atoms with Gasteiger partial charge < -0.3 is 14.1 Å². The number of nitrogens with one attached hydrogen (secondary N) is 1. The first-order valence-electron chi connectivity index (χ1n) is 11.1. The zero-order valence-electron chi connectivity index (χ0n) is 21.1. The van der Waals surface area contributed by atoms with E-state index < -0.39 is 35.7 Å². The molecule has 0 aliphatic rings. The Hall–Kier alpha value is -3.66. The van der Waals surface area contributed by atoms with Gasteiger partial charge in [-0.05, 0) is 73.2 Å². The predicted octanol–water partition coefficient (Wildman–Crippen LogP) is 2.74. The van der Waals surface area contributed by atoms with Crippen molar-refractivity contribution in [2.24, 2.45) is 10.2 Å². The average Bonchev–Trinajstić information content (AvgIpc) is 2.89. The van der Waals surface area contributed by atoms with Crippen LogP contribution in [0.15, 0.2) is 111 Å². The Morgan fingerprint density at radius 2 is 1.45 bits per heavy atom. The maximum absolute atomic E-state index is 12.5. The molecule has 12 nitrogen and oxygen atoms in total. The zero-order chi connectivity index (χ0) is 28.2. The van der Waals surface area contributed by atoms with E-state index in [0.29, 0.717) is 28.7 Å². The van der Waals surface area contributed by atoms with Crippen LogP contribution in [-0.4, -0.2) is 26.3 Å². The molecule has 0 radical (unpaired) electrons. The first-order valence-corrected chi connectivity index (χ1v) is 13.9. The molecule has 0 aromatic heterocycles. The molecule has 0 saturated heterocycles. The molecule has 0 amide bonds. The summed E-state index contributed by atoms with van der Waals surface area (Å²) in [5.41, 5.74) is 1.15. The normalized spacial score (nSPS) is 11.6. The number of nitro benzene ring substituents is 1. The Balaban J connectivity index is 0.00000441. The van der Waals surface area contributed by atoms with Gasteiger partial charge in [-0.15, -0.1) is 0 Å². The molecule has 1 N–H and O–H groups in total. The molecule has 0 saturated carbocycles. The van der Waals surface area contributed by atoms with Crippen LogP contribution < -0.4 is 39.1 Å². The quantitative estimate of drug-likeness (QED) is 0.0765. The topological polar surface area (TPSA) is 180 Å². The molecule has 0 aliphatic carbocycles. The van der Waals surface area contributed by atoms with Gasteiger partial charge in [0.2, 0.25) is 0 Å². The molecule has 0 fully saturated rings. The van der Waals surface area contributed by atoms with E-state index in [-0.39, 0.29) is 45.9 Å². The summed E-state index contributed by atoms with van der Waals surface area (Å²) in [6.45, 7) is 1.67. The molecule has 200 valence electrons. The second-order valence-electron chi connectivity index (χ2n) is 8.06. The van der Waals surface area contributed by atoms with Crippen molar-refractivity contribution in [1.82, 2.24) is 0 Å². The van der Waals surface area contributed by atoms with E-state index >= 15 is 0 Å². The third-order valence-electron chi connectivity index (χ3n) is 5.26. The minimum atomic E-state index is -4.98. The monoisotopic (exact) mass is 590 g/mol. The average molecular weight is 591 g/mol. The molecule has 4 aromatic rings. The predicted molar refractivity (Wildman–Crippen MR) is 140 cm³/mol. The van der Waals surface area contributed by atoms with Gasteiger partial charge in [0, 0.05) is 17.8 Å². The largest absolute Gasteiger partial charge is 1.00 e. The molecule has 0 heterocycles. The molecular formula is C25H19N4NaO8S2. The van der Waals surface area contributed by atoms with E-state index in [1.54, 1.807) is 61.5 Å². The van der Waals surface area contributed by atoms with E-state index in [4.69, 9.17) is 4.18 Å². The van der Waals surface area contributed by atoms with Crippen molar-refractivity contribution in [2.45, 2.75) is 16.7 Å². The maximum Gasteiger partial charge on any atom is 1.00 e. The molecule has 0 unspecified atom stereocenters. The SMILES string of the molecule is Cc1cc(N=Nc2ccc(Nc3ccc([N+](=O)[O-])cc3S(=O)(=O)[O-])cc2)ccc1OS(=O)(=O)c1ccccc1.[Na+]. The van der Waals surface area contributed by atoms with Crippen LogP contribution in [0.5, 0.6) is 5.75 Å². The first kappa shape index (κ1) is 30.9. The van der Waals surface area contributed by atoms with Crippen LogP contribution in [0.4, 0.5) is 28.4 Å². The molecular weight excluding hydrogens is 571 g/mol. The summed E-state index contributed by atoms with van der Waals surface area (Å²) >= 11 is 0. The fraction of sp³-hybridized carbons (Fsp3) is 0.0400. The van der Waals surface area contributed by atoms with Crippen LogP contribution in [-0.2, 0) is 20.2 Å². The van der Waals surface area contributed by atoms with Crippen molar-refractivity contribution in [1.29, 1.82) is 0 Å². The number of anilines is 2. The van der Waals surface area contributed by atoms with Crippen molar-refractivity contribution in [3.8, 4) is 5.75 Å². The van der Waals surface area contributed by atoms with E-state index in [0.717, 1.165) is 12.1 Å². The van der Waals surface area contributed by atoms with Crippen LogP contribution in [0.3, 0.4) is 0 Å². The second kappa shape index (κ2) is 12.7. The summed E-state index contributed by atoms with van der Waals surface area (Å²) in [5, 5.41) is 21.9. The number of hydrogen-bond acceptors (Lipinski definition) is 11. The number of aryl methyl sites for hydroxylation is 1. The molecule has 0 bridgehead atoms. The fourth-order valence-electron chi connectivity index (χ4n) is 3.36. The molecule has 40 heavy (non-hydrogen) atoms. The Morgan fingerprint density at radius 3 is 2.05 bits per heavy atom. The number of nitrogens with zero attached hydrogens (tertiary/aromatic N) is 3. The number of rotatable bonds is 9. The zero-order valence-corrected chi connectivity index (χ0v) is 24.7. The number of nitro groups is 1. The minimum Gasteiger partial charge on any atom is -0.744 e. The van der Waals surface area contributed by atoms with Gasteiger partial charge in [0.25, 0.3) is 5.69 Å². The summed E-state index contributed by atoms with van der Waals surface area (Å²) < 4.78 is 64.9. The molecule has 0 spiro atoms. The van der Waals surface area contributed by atoms with Crippen LogP contribution in [0.1, 0.15) is 5.56 Å². The number of hydrogen-bond donors (Lipinski definition) is 1. The minimum absolute atomic E-state index is 0. The van der Waals surface area contributed by atoms with Crippen molar-refractivity contribution >= 4 is 48.7 Å². The second-order valence-corrected chi connectivity index (χ2v) is 11.0. The fourth-order valence-corrected chi connectivity index (χ4v) is 5.02. The Morgan fingerprint density at radius 1 is 0.825 bits per heavy atom. The van der Waals surface area contributed by atoms with Crippen LogP contribution in [0.25, 0.3) is 0 Å². The van der Waals surface area contributed by atoms with Crippen molar-refractivity contribution in [3.05, 3.63) is 107 Å². The van der Waals surface area contributed by atoms with E-state index in [1.807, 2.05) is 0 Å². The van der Waals surface area contributed by atoms with Gasteiger partial charge in [-0.3, -0.25) is 10.1 Å². The molecule has 4 aromatic carbocycles. The van der Waals surface area contributed by atoms with Gasteiger partial charge in [0.15, 0.2) is 0 Å². The molecule has 0 atom stereocenters. The third-order valence-corrected chi connectivity index (χ3v) is 7.39. The maximum atomic E-state index is 12.5. The molecule has 0 aliphatic heterocycles. The summed E-state index contributed by atoms with van der Waals surface area (Å²) in [6.07, 6.45) is 0. The van der Waals surface area contributed by atoms with Gasteiger partial charge >= 0.3 is 39.7 Å². The summed E-state index contributed by atoms with van der Waals surface area (Å²) in [5.74, 6) is 0.152. The van der Waals surface area contributed by atoms with Gasteiger partial charge in [-0.25, -0.2) is 8.42 Å². The first-order chi connectivity index (χ1) is 18.4. The standard InChI is InChI=1S/C25H20N4O8S2.Na/c1-17-15-20(11-14-24(17)37-39(35,36)22-5-3-2-4-6-22)28-27-19-9-7-18(8-10-19)26-23-13-12-21(29(30)31)16-25(23)38(32,33)34;/h2-16,26H,1H3,(H,32,33,34);/q;+1/p-1. The Kier molecular flexibility index (Phi) is 9.78. The summed E-state index contributed by atoms with van der Waals surface area (Å²) in [6, 6.07) is 21.5. The van der Waals surface area contributed by atoms with Crippen LogP contribution >= 0.6 is 0 Å². The van der Waals surface area contributed by atoms with Gasteiger partial charge in [0.1, 0.15) is 20.8 Å².